The monoisotopic (exact) mass is 724 g/mol. The number of rotatable bonds is 15. The summed E-state index contributed by atoms with van der Waals surface area (Å²) >= 11 is 21.1. The van der Waals surface area contributed by atoms with Crippen LogP contribution >= 0.6 is 43.4 Å². The summed E-state index contributed by atoms with van der Waals surface area (Å²) in [6.07, 6.45) is 0. The lowest BCUT2D eigenvalue weighted by Crippen LogP contribution is -2.39. The van der Waals surface area contributed by atoms with Crippen LogP contribution in [0.4, 0.5) is 0 Å². The lowest BCUT2D eigenvalue weighted by Gasteiger charge is -2.43. The topological polar surface area (TPSA) is 27.7 Å². The van der Waals surface area contributed by atoms with Gasteiger partial charge in [0.2, 0.25) is 0 Å². The van der Waals surface area contributed by atoms with Gasteiger partial charge < -0.3 is 0 Å². The Kier molecular flexibility index (Phi) is 11.9. The molecule has 0 aromatic heterocycles. The lowest BCUT2D eigenvalue weighted by molar-refractivity contribution is 0.00295. The summed E-state index contributed by atoms with van der Waals surface area (Å²) in [6, 6.07) is 59.6. The van der Waals surface area contributed by atoms with Crippen LogP contribution in [0.25, 0.3) is 0 Å². The van der Waals surface area contributed by atoms with Crippen LogP contribution < -0.4 is 0 Å². The second kappa shape index (κ2) is 16.5. The van der Waals surface area contributed by atoms with E-state index < -0.39 is 25.4 Å². The maximum atomic E-state index is 7.33. The van der Waals surface area contributed by atoms with E-state index in [1.54, 1.807) is 0 Å². The van der Waals surface area contributed by atoms with Crippen molar-refractivity contribution in [3.8, 4) is 0 Å². The van der Waals surface area contributed by atoms with Crippen molar-refractivity contribution in [2.24, 2.45) is 0 Å². The molecule has 0 atom stereocenters. The molecule has 0 aliphatic heterocycles. The van der Waals surface area contributed by atoms with E-state index in [1.807, 2.05) is 182 Å². The van der Waals surface area contributed by atoms with Gasteiger partial charge in [0.05, 0.1) is 17.6 Å². The summed E-state index contributed by atoms with van der Waals surface area (Å²) in [5.41, 5.74) is 1.58. The zero-order chi connectivity index (χ0) is 34.0. The first kappa shape index (κ1) is 35.3. The molecule has 49 heavy (non-hydrogen) atoms. The van der Waals surface area contributed by atoms with Crippen LogP contribution in [0, 0.1) is 0 Å². The van der Waals surface area contributed by atoms with E-state index in [0.29, 0.717) is 0 Å². The smallest absolute Gasteiger partial charge is 0.294 e. The normalized spacial score (nSPS) is 12.2. The summed E-state index contributed by atoms with van der Waals surface area (Å²) < 4.78 is 22.0. The highest BCUT2D eigenvalue weighted by Gasteiger charge is 2.48. The minimum atomic E-state index is -2.34. The first-order chi connectivity index (χ1) is 24.1. The lowest BCUT2D eigenvalue weighted by atomic mass is 9.88. The Morgan fingerprint density at radius 2 is 0.469 bits per heavy atom. The SMILES string of the molecule is ClCC(OP(OC(CCl)(c1ccccc1)c1ccccc1)OC(CCl)(c1ccccc1)c1ccccc1)(c1ccccc1)c1ccccc1. The van der Waals surface area contributed by atoms with E-state index in [4.69, 9.17) is 48.4 Å². The van der Waals surface area contributed by atoms with Gasteiger partial charge in [-0.25, -0.2) is 0 Å². The van der Waals surface area contributed by atoms with E-state index in [1.165, 1.54) is 0 Å². The highest BCUT2D eigenvalue weighted by Crippen LogP contribution is 2.60. The molecule has 0 saturated carbocycles. The average Bonchev–Trinajstić information content (AvgIpc) is 3.20. The average molecular weight is 726 g/mol. The molecule has 0 spiro atoms. The Balaban J connectivity index is 1.59. The maximum Gasteiger partial charge on any atom is 0.336 e. The third-order valence-electron chi connectivity index (χ3n) is 8.70. The quantitative estimate of drug-likeness (QED) is 0.0779. The van der Waals surface area contributed by atoms with Gasteiger partial charge in [0, 0.05) is 0 Å². The molecule has 0 bridgehead atoms. The van der Waals surface area contributed by atoms with Gasteiger partial charge in [-0.1, -0.05) is 182 Å². The standard InChI is InChI=1S/C42H36Cl3O3P/c43-31-40(34-19-7-1-8-20-34,35-21-9-2-10-22-35)46-49(47-41(32-44,36-23-11-3-12-24-36)37-25-13-4-14-26-37)48-42(33-45,38-27-15-5-16-28-38)39-29-17-6-18-30-39/h1-30H,31-33H2. The van der Waals surface area contributed by atoms with Crippen molar-refractivity contribution in [2.75, 3.05) is 17.6 Å². The Morgan fingerprint density at radius 3 is 0.612 bits per heavy atom. The Bertz CT molecular complexity index is 1510. The molecule has 3 nitrogen and oxygen atoms in total. The highest BCUT2D eigenvalue weighted by molar-refractivity contribution is 7.41. The van der Waals surface area contributed by atoms with Crippen LogP contribution in [0.5, 0.6) is 0 Å². The van der Waals surface area contributed by atoms with Gasteiger partial charge in [-0.15, -0.1) is 34.8 Å². The predicted octanol–water partition coefficient (Wildman–Crippen LogP) is 11.8. The summed E-state index contributed by atoms with van der Waals surface area (Å²) in [5.74, 6) is 0.213. The summed E-state index contributed by atoms with van der Waals surface area (Å²) in [4.78, 5) is 0. The third kappa shape index (κ3) is 7.36. The second-order valence-electron chi connectivity index (χ2n) is 11.6. The van der Waals surface area contributed by atoms with Crippen molar-refractivity contribution in [1.82, 2.24) is 0 Å². The molecule has 6 aromatic rings. The third-order valence-corrected chi connectivity index (χ3v) is 11.2. The number of hydrogen-bond acceptors (Lipinski definition) is 3. The molecule has 0 saturated heterocycles. The molecular weight excluding hydrogens is 690 g/mol. The van der Waals surface area contributed by atoms with Crippen molar-refractivity contribution in [3.63, 3.8) is 0 Å². The van der Waals surface area contributed by atoms with Crippen LogP contribution in [0.3, 0.4) is 0 Å². The molecule has 0 aliphatic carbocycles. The highest BCUT2D eigenvalue weighted by atomic mass is 35.5. The summed E-state index contributed by atoms with van der Waals surface area (Å²) in [7, 11) is -2.34. The molecule has 0 heterocycles. The molecule has 7 heteroatoms. The first-order valence-electron chi connectivity index (χ1n) is 16.0. The molecule has 6 rings (SSSR count). The molecule has 0 unspecified atom stereocenters. The molecule has 0 N–H and O–H groups in total. The molecule has 0 fully saturated rings. The van der Waals surface area contributed by atoms with E-state index in [9.17, 15) is 0 Å². The molecule has 6 aromatic carbocycles. The van der Waals surface area contributed by atoms with E-state index >= 15 is 0 Å². The number of alkyl halides is 3. The summed E-state index contributed by atoms with van der Waals surface area (Å²) in [5, 5.41) is 0. The number of hydrogen-bond donors (Lipinski definition) is 0. The van der Waals surface area contributed by atoms with Crippen molar-refractivity contribution in [2.45, 2.75) is 16.8 Å². The van der Waals surface area contributed by atoms with Gasteiger partial charge in [0.1, 0.15) is 16.8 Å². The van der Waals surface area contributed by atoms with Crippen LogP contribution in [0.2, 0.25) is 0 Å². The molecule has 0 aliphatic rings. The van der Waals surface area contributed by atoms with Crippen LogP contribution in [-0.4, -0.2) is 17.6 Å². The zero-order valence-corrected chi connectivity index (χ0v) is 29.9. The first-order valence-corrected chi connectivity index (χ1v) is 18.7. The van der Waals surface area contributed by atoms with E-state index in [-0.39, 0.29) is 17.6 Å². The summed E-state index contributed by atoms with van der Waals surface area (Å²) in [6.45, 7) is 0. The number of halogens is 3. The van der Waals surface area contributed by atoms with Crippen LogP contribution in [-0.2, 0) is 30.4 Å². The molecule has 0 radical (unpaired) electrons. The van der Waals surface area contributed by atoms with Gasteiger partial charge in [0.25, 0.3) is 0 Å². The predicted molar refractivity (Wildman–Crippen MR) is 203 cm³/mol. The molecule has 248 valence electrons. The Hall–Kier alpha value is -3.50. The van der Waals surface area contributed by atoms with E-state index in [0.717, 1.165) is 33.4 Å². The van der Waals surface area contributed by atoms with Gasteiger partial charge in [0.15, 0.2) is 0 Å². The fourth-order valence-electron chi connectivity index (χ4n) is 6.03. The van der Waals surface area contributed by atoms with Crippen LogP contribution in [0.1, 0.15) is 33.4 Å². The minimum absolute atomic E-state index is 0.0711. The van der Waals surface area contributed by atoms with Crippen molar-refractivity contribution >= 4 is 43.4 Å². The fourth-order valence-corrected chi connectivity index (χ4v) is 9.05. The fraction of sp³-hybridized carbons (Fsp3) is 0.143. The number of benzene rings is 6. The maximum absolute atomic E-state index is 7.33. The minimum Gasteiger partial charge on any atom is -0.294 e. The van der Waals surface area contributed by atoms with Crippen molar-refractivity contribution in [1.29, 1.82) is 0 Å². The Labute approximate surface area is 305 Å². The molecule has 0 amide bonds. The van der Waals surface area contributed by atoms with Gasteiger partial charge in [-0.3, -0.25) is 13.6 Å². The van der Waals surface area contributed by atoms with Gasteiger partial charge >= 0.3 is 8.60 Å². The van der Waals surface area contributed by atoms with E-state index in [2.05, 4.69) is 0 Å². The van der Waals surface area contributed by atoms with Gasteiger partial charge in [-0.05, 0) is 33.4 Å². The van der Waals surface area contributed by atoms with Crippen LogP contribution in [0.15, 0.2) is 182 Å². The van der Waals surface area contributed by atoms with Crippen molar-refractivity contribution in [3.05, 3.63) is 215 Å². The Morgan fingerprint density at radius 1 is 0.306 bits per heavy atom. The zero-order valence-electron chi connectivity index (χ0n) is 26.7. The van der Waals surface area contributed by atoms with Gasteiger partial charge in [-0.2, -0.15) is 0 Å². The van der Waals surface area contributed by atoms with Crippen molar-refractivity contribution < 1.29 is 13.6 Å². The second-order valence-corrected chi connectivity index (χ2v) is 13.4. The molecular formula is C42H36Cl3O3P. The largest absolute Gasteiger partial charge is 0.336 e.